The molecule has 2 unspecified atom stereocenters. The molecule has 0 fully saturated rings. The minimum atomic E-state index is 0.331. The van der Waals surface area contributed by atoms with Crippen molar-refractivity contribution in [3.63, 3.8) is 0 Å². The van der Waals surface area contributed by atoms with Crippen LogP contribution in [0, 0.1) is 0 Å². The molecular weight excluding hydrogens is 356 g/mol. The van der Waals surface area contributed by atoms with E-state index in [1.807, 2.05) is 11.8 Å². The molecule has 4 heteroatoms. The smallest absolute Gasteiger partial charge is 0.0760 e. The van der Waals surface area contributed by atoms with Gasteiger partial charge in [0.1, 0.15) is 0 Å². The molecule has 0 saturated carbocycles. The van der Waals surface area contributed by atoms with Gasteiger partial charge in [-0.1, -0.05) is 40.2 Å². The summed E-state index contributed by atoms with van der Waals surface area (Å²) >= 11 is 5.45. The third kappa shape index (κ3) is 3.57. The molecule has 0 spiro atoms. The van der Waals surface area contributed by atoms with Crippen molar-refractivity contribution in [2.24, 2.45) is 0 Å². The number of thioether (sulfide) groups is 1. The maximum Gasteiger partial charge on any atom is 0.0760 e. The highest BCUT2D eigenvalue weighted by Crippen LogP contribution is 2.41. The Morgan fingerprint density at radius 2 is 1.82 bits per heavy atom. The lowest BCUT2D eigenvalue weighted by Gasteiger charge is -2.32. The second-order valence-corrected chi connectivity index (χ2v) is 7.93. The van der Waals surface area contributed by atoms with E-state index in [2.05, 4.69) is 88.8 Å². The summed E-state index contributed by atoms with van der Waals surface area (Å²) in [7, 11) is 4.31. The predicted octanol–water partition coefficient (Wildman–Crippen LogP) is 4.32. The van der Waals surface area contributed by atoms with E-state index in [0.717, 1.165) is 17.4 Å². The summed E-state index contributed by atoms with van der Waals surface area (Å²) in [5, 5.41) is 4.09. The number of nitrogens with one attached hydrogen (secondary N) is 1. The minimum Gasteiger partial charge on any atom is -0.300 e. The molecule has 3 rings (SSSR count). The number of nitrogens with zero attached hydrogens (tertiary/aromatic N) is 1. The van der Waals surface area contributed by atoms with E-state index < -0.39 is 0 Å². The first kappa shape index (κ1) is 16.1. The van der Waals surface area contributed by atoms with E-state index in [1.54, 1.807) is 0 Å². The zero-order chi connectivity index (χ0) is 15.5. The average Bonchev–Trinajstić information content (AvgIpc) is 2.69. The van der Waals surface area contributed by atoms with Crippen LogP contribution in [0.1, 0.15) is 16.4 Å². The van der Waals surface area contributed by atoms with Crippen molar-refractivity contribution < 1.29 is 0 Å². The number of likely N-dealkylation sites (N-methyl/N-ethyl adjacent to an activating group) is 1. The molecule has 2 aromatic carbocycles. The highest BCUT2D eigenvalue weighted by Gasteiger charge is 2.29. The van der Waals surface area contributed by atoms with E-state index in [4.69, 9.17) is 0 Å². The Bertz CT molecular complexity index is 627. The first-order chi connectivity index (χ1) is 10.6. The standard InChI is InChI=1S/C18H21BrN2S/c1-21(2)18-17(22-15-9-7-14(19)8-10-15)16-6-4-3-5-13(16)11-12-20-18/h3-10,17-18,20H,11-12H2,1-2H3. The monoisotopic (exact) mass is 376 g/mol. The van der Waals surface area contributed by atoms with Gasteiger partial charge in [0, 0.05) is 15.9 Å². The maximum atomic E-state index is 3.71. The van der Waals surface area contributed by atoms with E-state index in [0.29, 0.717) is 11.4 Å². The Balaban J connectivity index is 1.96. The van der Waals surface area contributed by atoms with Crippen molar-refractivity contribution >= 4 is 27.7 Å². The first-order valence-electron chi connectivity index (χ1n) is 7.55. The van der Waals surface area contributed by atoms with Gasteiger partial charge < -0.3 is 5.32 Å². The van der Waals surface area contributed by atoms with Crippen LogP contribution in [-0.2, 0) is 6.42 Å². The summed E-state index contributed by atoms with van der Waals surface area (Å²) in [5.74, 6) is 0. The van der Waals surface area contributed by atoms with E-state index in [-0.39, 0.29) is 0 Å². The van der Waals surface area contributed by atoms with Gasteiger partial charge in [-0.25, -0.2) is 0 Å². The molecular formula is C18H21BrN2S. The van der Waals surface area contributed by atoms with Crippen LogP contribution in [0.4, 0.5) is 0 Å². The summed E-state index contributed by atoms with van der Waals surface area (Å²) in [6.07, 6.45) is 1.43. The molecule has 2 atom stereocenters. The number of halogens is 1. The molecule has 1 heterocycles. The molecule has 0 aromatic heterocycles. The van der Waals surface area contributed by atoms with Crippen LogP contribution in [-0.4, -0.2) is 31.7 Å². The van der Waals surface area contributed by atoms with Crippen LogP contribution in [0.15, 0.2) is 57.9 Å². The van der Waals surface area contributed by atoms with Gasteiger partial charge in [-0.3, -0.25) is 4.90 Å². The zero-order valence-electron chi connectivity index (χ0n) is 12.9. The molecule has 2 aromatic rings. The number of benzene rings is 2. The summed E-state index contributed by atoms with van der Waals surface area (Å²) < 4.78 is 1.13. The molecule has 2 nitrogen and oxygen atoms in total. The van der Waals surface area contributed by atoms with Crippen molar-refractivity contribution in [1.29, 1.82) is 0 Å². The minimum absolute atomic E-state index is 0.331. The highest BCUT2D eigenvalue weighted by atomic mass is 79.9. The Labute approximate surface area is 145 Å². The molecule has 0 bridgehead atoms. The molecule has 1 N–H and O–H groups in total. The van der Waals surface area contributed by atoms with Gasteiger partial charge in [0.2, 0.25) is 0 Å². The summed E-state index contributed by atoms with van der Waals surface area (Å²) in [6, 6.07) is 17.5. The Morgan fingerprint density at radius 1 is 1.09 bits per heavy atom. The number of rotatable bonds is 3. The Hall–Kier alpha value is -0.810. The second kappa shape index (κ2) is 7.18. The Morgan fingerprint density at radius 3 is 2.55 bits per heavy atom. The Kier molecular flexibility index (Phi) is 5.24. The van der Waals surface area contributed by atoms with Crippen molar-refractivity contribution in [3.05, 3.63) is 64.1 Å². The highest BCUT2D eigenvalue weighted by molar-refractivity contribution is 9.10. The van der Waals surface area contributed by atoms with Crippen LogP contribution in [0.2, 0.25) is 0 Å². The van der Waals surface area contributed by atoms with Crippen LogP contribution in [0.5, 0.6) is 0 Å². The third-order valence-electron chi connectivity index (χ3n) is 4.03. The van der Waals surface area contributed by atoms with E-state index >= 15 is 0 Å². The average molecular weight is 377 g/mol. The summed E-state index contributed by atoms with van der Waals surface area (Å²) in [6.45, 7) is 1.03. The molecule has 22 heavy (non-hydrogen) atoms. The van der Waals surface area contributed by atoms with E-state index in [9.17, 15) is 0 Å². The van der Waals surface area contributed by atoms with Gasteiger partial charge in [-0.15, -0.1) is 11.8 Å². The van der Waals surface area contributed by atoms with Gasteiger partial charge >= 0.3 is 0 Å². The van der Waals surface area contributed by atoms with E-state index in [1.165, 1.54) is 16.0 Å². The van der Waals surface area contributed by atoms with Crippen LogP contribution in [0.3, 0.4) is 0 Å². The fraction of sp³-hybridized carbons (Fsp3) is 0.333. The van der Waals surface area contributed by atoms with Gasteiger partial charge in [-0.2, -0.15) is 0 Å². The lowest BCUT2D eigenvalue weighted by molar-refractivity contribution is 0.246. The largest absolute Gasteiger partial charge is 0.300 e. The summed E-state index contributed by atoms with van der Waals surface area (Å²) in [5.41, 5.74) is 2.92. The quantitative estimate of drug-likeness (QED) is 0.858. The fourth-order valence-corrected chi connectivity index (χ4v) is 4.59. The van der Waals surface area contributed by atoms with Crippen molar-refractivity contribution in [2.45, 2.75) is 22.7 Å². The molecule has 0 amide bonds. The van der Waals surface area contributed by atoms with Crippen LogP contribution >= 0.6 is 27.7 Å². The van der Waals surface area contributed by atoms with Gasteiger partial charge in [0.25, 0.3) is 0 Å². The predicted molar refractivity (Wildman–Crippen MR) is 98.4 cm³/mol. The summed E-state index contributed by atoms with van der Waals surface area (Å²) in [4.78, 5) is 3.59. The molecule has 1 aliphatic rings. The fourth-order valence-electron chi connectivity index (χ4n) is 2.91. The molecule has 116 valence electrons. The topological polar surface area (TPSA) is 15.3 Å². The SMILES string of the molecule is CN(C)C1NCCc2ccccc2C1Sc1ccc(Br)cc1. The zero-order valence-corrected chi connectivity index (χ0v) is 15.3. The number of hydrogen-bond donors (Lipinski definition) is 1. The van der Waals surface area contributed by atoms with Crippen molar-refractivity contribution in [2.75, 3.05) is 20.6 Å². The number of fused-ring (bicyclic) bond motifs is 1. The maximum absolute atomic E-state index is 3.71. The van der Waals surface area contributed by atoms with Gasteiger partial charge in [-0.05, 0) is 55.9 Å². The van der Waals surface area contributed by atoms with Gasteiger partial charge in [0.05, 0.1) is 11.4 Å². The third-order valence-corrected chi connectivity index (χ3v) is 5.87. The van der Waals surface area contributed by atoms with Crippen molar-refractivity contribution in [1.82, 2.24) is 10.2 Å². The second-order valence-electron chi connectivity index (χ2n) is 5.80. The van der Waals surface area contributed by atoms with Crippen LogP contribution in [0.25, 0.3) is 0 Å². The molecule has 1 aliphatic heterocycles. The molecule has 0 saturated heterocycles. The lowest BCUT2D eigenvalue weighted by Crippen LogP contribution is -2.44. The van der Waals surface area contributed by atoms with Crippen molar-refractivity contribution in [3.8, 4) is 0 Å². The molecule has 0 radical (unpaired) electrons. The normalized spacial score (nSPS) is 21.5. The first-order valence-corrected chi connectivity index (χ1v) is 9.22. The lowest BCUT2D eigenvalue weighted by atomic mass is 10.0. The van der Waals surface area contributed by atoms with Gasteiger partial charge in [0.15, 0.2) is 0 Å². The number of hydrogen-bond acceptors (Lipinski definition) is 3. The molecule has 0 aliphatic carbocycles. The van der Waals surface area contributed by atoms with Crippen LogP contribution < -0.4 is 5.32 Å².